The van der Waals surface area contributed by atoms with Crippen LogP contribution in [0, 0.1) is 13.7 Å². The number of aliphatic hydroxyl groups is 2. The second kappa shape index (κ2) is 9.41. The highest BCUT2D eigenvalue weighted by Gasteiger charge is 2.35. The van der Waals surface area contributed by atoms with Crippen molar-refractivity contribution < 1.29 is 24.6 Å². The van der Waals surface area contributed by atoms with Crippen molar-refractivity contribution in [2.45, 2.75) is 38.1 Å². The number of halogens is 2. The SMILES string of the molecule is Nc1nc(Cl)c2c(COCc3ccc(I)cc3[N+](=O)[O-])cn([C@H]3C[C@@H](O)[C@@H](CO)O3)c2n1. The summed E-state index contributed by atoms with van der Waals surface area (Å²) in [5, 5.41) is 31.4. The molecule has 4 N–H and O–H groups in total. The number of aliphatic hydroxyl groups excluding tert-OH is 2. The van der Waals surface area contributed by atoms with Crippen LogP contribution in [0.2, 0.25) is 5.15 Å². The normalized spacial score (nSPS) is 20.8. The summed E-state index contributed by atoms with van der Waals surface area (Å²) in [4.78, 5) is 19.2. The lowest BCUT2D eigenvalue weighted by Gasteiger charge is -2.14. The first kappa shape index (κ1) is 23.1. The van der Waals surface area contributed by atoms with Gasteiger partial charge in [0.1, 0.15) is 23.1 Å². The second-order valence-corrected chi connectivity index (χ2v) is 8.87. The molecule has 1 saturated heterocycles. The van der Waals surface area contributed by atoms with Crippen molar-refractivity contribution in [3.05, 3.63) is 54.4 Å². The second-order valence-electron chi connectivity index (χ2n) is 7.27. The molecule has 0 saturated carbocycles. The first-order chi connectivity index (χ1) is 15.3. The Morgan fingerprint density at radius 3 is 2.81 bits per heavy atom. The van der Waals surface area contributed by atoms with E-state index in [1.54, 1.807) is 22.9 Å². The number of fused-ring (bicyclic) bond motifs is 1. The standard InChI is InChI=1S/C19H19ClIN5O6/c20-17-16-10(8-31-7-9-1-2-11(21)3-12(9)26(29)30)5-25(18(16)24-19(22)23-17)15-4-13(28)14(6-27)32-15/h1-3,5,13-15,27-28H,4,6-8H2,(H2,22,23,24)/t13-,14-,15-/m1/s1. The number of hydrogen-bond donors (Lipinski definition) is 3. The number of rotatable bonds is 7. The molecule has 1 fully saturated rings. The van der Waals surface area contributed by atoms with Gasteiger partial charge in [-0.25, -0.2) is 4.98 Å². The predicted octanol–water partition coefficient (Wildman–Crippen LogP) is 2.54. The molecule has 0 amide bonds. The van der Waals surface area contributed by atoms with Crippen LogP contribution in [0.3, 0.4) is 0 Å². The molecule has 1 aliphatic heterocycles. The van der Waals surface area contributed by atoms with Crippen LogP contribution in [0.25, 0.3) is 11.0 Å². The number of ether oxygens (including phenoxy) is 2. The Bertz CT molecular complexity index is 1170. The molecule has 0 radical (unpaired) electrons. The number of aromatic nitrogens is 3. The molecule has 0 aliphatic carbocycles. The third-order valence-corrected chi connectivity index (χ3v) is 6.12. The molecule has 32 heavy (non-hydrogen) atoms. The first-order valence-electron chi connectivity index (χ1n) is 9.55. The molecule has 1 aliphatic rings. The lowest BCUT2D eigenvalue weighted by Crippen LogP contribution is -2.24. The zero-order valence-electron chi connectivity index (χ0n) is 16.5. The molecule has 3 atom stereocenters. The van der Waals surface area contributed by atoms with Crippen LogP contribution in [0.5, 0.6) is 0 Å². The van der Waals surface area contributed by atoms with Gasteiger partial charge in [0.25, 0.3) is 5.69 Å². The fraction of sp³-hybridized carbons (Fsp3) is 0.368. The number of nitro groups is 1. The molecule has 13 heteroatoms. The Kier molecular flexibility index (Phi) is 6.78. The summed E-state index contributed by atoms with van der Waals surface area (Å²) in [7, 11) is 0. The summed E-state index contributed by atoms with van der Waals surface area (Å²) in [6.07, 6.45) is -0.192. The highest BCUT2D eigenvalue weighted by molar-refractivity contribution is 14.1. The Labute approximate surface area is 200 Å². The predicted molar refractivity (Wildman–Crippen MR) is 123 cm³/mol. The zero-order chi connectivity index (χ0) is 23.0. The van der Waals surface area contributed by atoms with Crippen molar-refractivity contribution in [2.24, 2.45) is 0 Å². The maximum absolute atomic E-state index is 11.3. The van der Waals surface area contributed by atoms with Crippen molar-refractivity contribution in [3.8, 4) is 0 Å². The van der Waals surface area contributed by atoms with Gasteiger partial charge >= 0.3 is 0 Å². The largest absolute Gasteiger partial charge is 0.394 e. The molecule has 170 valence electrons. The number of benzene rings is 1. The molecule has 1 aromatic carbocycles. The quantitative estimate of drug-likeness (QED) is 0.167. The van der Waals surface area contributed by atoms with Crippen LogP contribution in [0.1, 0.15) is 23.8 Å². The van der Waals surface area contributed by atoms with E-state index in [1.807, 2.05) is 22.6 Å². The number of nitrogens with zero attached hydrogens (tertiary/aromatic N) is 4. The van der Waals surface area contributed by atoms with Crippen molar-refractivity contribution in [3.63, 3.8) is 0 Å². The minimum atomic E-state index is -0.835. The van der Waals surface area contributed by atoms with E-state index >= 15 is 0 Å². The number of nitrogen functional groups attached to an aromatic ring is 1. The lowest BCUT2D eigenvalue weighted by atomic mass is 10.2. The van der Waals surface area contributed by atoms with E-state index in [-0.39, 0.29) is 43.0 Å². The van der Waals surface area contributed by atoms with Gasteiger partial charge in [0, 0.05) is 27.8 Å². The maximum atomic E-state index is 11.3. The van der Waals surface area contributed by atoms with E-state index in [9.17, 15) is 20.3 Å². The van der Waals surface area contributed by atoms with Crippen LogP contribution >= 0.6 is 34.2 Å². The van der Waals surface area contributed by atoms with Gasteiger partial charge in [0.05, 0.1) is 41.8 Å². The average Bonchev–Trinajstić information content (AvgIpc) is 3.29. The van der Waals surface area contributed by atoms with Crippen molar-refractivity contribution >= 4 is 56.9 Å². The van der Waals surface area contributed by atoms with Gasteiger partial charge in [-0.2, -0.15) is 4.98 Å². The zero-order valence-corrected chi connectivity index (χ0v) is 19.4. The number of nitro benzene ring substituents is 1. The Balaban J connectivity index is 1.62. The van der Waals surface area contributed by atoms with Crippen LogP contribution in [-0.4, -0.2) is 48.5 Å². The molecule has 11 nitrogen and oxygen atoms in total. The van der Waals surface area contributed by atoms with E-state index in [0.717, 1.165) is 3.57 Å². The minimum absolute atomic E-state index is 0.0125. The van der Waals surface area contributed by atoms with Gasteiger partial charge in [-0.05, 0) is 34.7 Å². The Hall–Kier alpha value is -2.10. The van der Waals surface area contributed by atoms with Gasteiger partial charge in [-0.3, -0.25) is 10.1 Å². The van der Waals surface area contributed by atoms with Gasteiger partial charge in [0.2, 0.25) is 5.95 Å². The smallest absolute Gasteiger partial charge is 0.275 e. The summed E-state index contributed by atoms with van der Waals surface area (Å²) in [5.41, 5.74) is 7.22. The molecule has 0 spiro atoms. The van der Waals surface area contributed by atoms with Gasteiger partial charge in [-0.15, -0.1) is 0 Å². The average molecular weight is 576 g/mol. The Morgan fingerprint density at radius 2 is 2.12 bits per heavy atom. The summed E-state index contributed by atoms with van der Waals surface area (Å²) in [6.45, 7) is -0.240. The summed E-state index contributed by atoms with van der Waals surface area (Å²) in [6, 6.07) is 4.91. The maximum Gasteiger partial charge on any atom is 0.275 e. The van der Waals surface area contributed by atoms with Crippen LogP contribution < -0.4 is 5.73 Å². The van der Waals surface area contributed by atoms with E-state index in [0.29, 0.717) is 22.2 Å². The lowest BCUT2D eigenvalue weighted by molar-refractivity contribution is -0.386. The number of anilines is 1. The van der Waals surface area contributed by atoms with Crippen LogP contribution in [-0.2, 0) is 22.7 Å². The highest BCUT2D eigenvalue weighted by Crippen LogP contribution is 2.35. The van der Waals surface area contributed by atoms with Gasteiger partial charge in [0.15, 0.2) is 0 Å². The molecule has 0 unspecified atom stereocenters. The molecular weight excluding hydrogens is 557 g/mol. The molecule has 2 aromatic heterocycles. The molecule has 4 rings (SSSR count). The van der Waals surface area contributed by atoms with Crippen LogP contribution in [0.4, 0.5) is 11.6 Å². The van der Waals surface area contributed by atoms with Crippen molar-refractivity contribution in [1.29, 1.82) is 0 Å². The third-order valence-electron chi connectivity index (χ3n) is 5.18. The summed E-state index contributed by atoms with van der Waals surface area (Å²) < 4.78 is 13.9. The van der Waals surface area contributed by atoms with E-state index in [1.165, 1.54) is 6.07 Å². The molecule has 3 aromatic rings. The third kappa shape index (κ3) is 4.51. The summed E-state index contributed by atoms with van der Waals surface area (Å²) in [5.74, 6) is -0.0268. The fourth-order valence-corrected chi connectivity index (χ4v) is 4.44. The first-order valence-corrected chi connectivity index (χ1v) is 11.0. The minimum Gasteiger partial charge on any atom is -0.394 e. The van der Waals surface area contributed by atoms with Crippen LogP contribution in [0.15, 0.2) is 24.4 Å². The van der Waals surface area contributed by atoms with E-state index in [2.05, 4.69) is 9.97 Å². The van der Waals surface area contributed by atoms with Gasteiger partial charge < -0.3 is 30.0 Å². The fourth-order valence-electron chi connectivity index (χ4n) is 3.67. The van der Waals surface area contributed by atoms with Crippen molar-refractivity contribution in [1.82, 2.24) is 14.5 Å². The topological polar surface area (TPSA) is 159 Å². The monoisotopic (exact) mass is 575 g/mol. The number of hydrogen-bond acceptors (Lipinski definition) is 9. The Morgan fingerprint density at radius 1 is 1.38 bits per heavy atom. The molecule has 0 bridgehead atoms. The van der Waals surface area contributed by atoms with Gasteiger partial charge in [-0.1, -0.05) is 11.6 Å². The van der Waals surface area contributed by atoms with E-state index < -0.39 is 23.4 Å². The van der Waals surface area contributed by atoms with Crippen molar-refractivity contribution in [2.75, 3.05) is 12.3 Å². The van der Waals surface area contributed by atoms with E-state index in [4.69, 9.17) is 26.8 Å². The number of nitrogens with two attached hydrogens (primary N) is 1. The highest BCUT2D eigenvalue weighted by atomic mass is 127. The molecule has 3 heterocycles. The molecular formula is C19H19ClIN5O6. The summed E-state index contributed by atoms with van der Waals surface area (Å²) >= 11 is 8.34.